The van der Waals surface area contributed by atoms with Crippen molar-refractivity contribution in [2.75, 3.05) is 13.2 Å². The Hall–Kier alpha value is -0.870. The minimum atomic E-state index is -0.0605. The van der Waals surface area contributed by atoms with Gasteiger partial charge in [0.15, 0.2) is 0 Å². The molecule has 0 aliphatic rings. The lowest BCUT2D eigenvalue weighted by Gasteiger charge is -2.22. The summed E-state index contributed by atoms with van der Waals surface area (Å²) in [5.41, 5.74) is 0.659. The molecule has 0 radical (unpaired) electrons. The maximum absolute atomic E-state index is 12.1. The molecule has 0 heterocycles. The van der Waals surface area contributed by atoms with E-state index in [4.69, 9.17) is 4.74 Å². The van der Waals surface area contributed by atoms with Crippen molar-refractivity contribution in [3.8, 4) is 0 Å². The molecule has 1 amide bonds. The van der Waals surface area contributed by atoms with Crippen LogP contribution in [-0.4, -0.2) is 25.2 Å². The van der Waals surface area contributed by atoms with Crippen LogP contribution in [0.4, 0.5) is 0 Å². The Balaban J connectivity index is 2.66. The van der Waals surface area contributed by atoms with Gasteiger partial charge in [-0.2, -0.15) is 0 Å². The van der Waals surface area contributed by atoms with E-state index in [9.17, 15) is 4.79 Å². The summed E-state index contributed by atoms with van der Waals surface area (Å²) in [6.45, 7) is 7.31. The fourth-order valence-electron chi connectivity index (χ4n) is 1.53. The van der Waals surface area contributed by atoms with Crippen LogP contribution < -0.4 is 5.32 Å². The Morgan fingerprint density at radius 3 is 2.72 bits per heavy atom. The first-order chi connectivity index (χ1) is 8.54. The highest BCUT2D eigenvalue weighted by Gasteiger charge is 2.17. The van der Waals surface area contributed by atoms with E-state index in [-0.39, 0.29) is 11.9 Å². The van der Waals surface area contributed by atoms with Crippen LogP contribution in [0, 0.1) is 5.92 Å². The topological polar surface area (TPSA) is 38.3 Å². The number of hydrogen-bond acceptors (Lipinski definition) is 2. The molecule has 0 aliphatic carbocycles. The summed E-state index contributed by atoms with van der Waals surface area (Å²) in [6.07, 6.45) is 0. The monoisotopic (exact) mass is 313 g/mol. The molecule has 1 aromatic carbocycles. The summed E-state index contributed by atoms with van der Waals surface area (Å²) in [5.74, 6) is 0.280. The van der Waals surface area contributed by atoms with E-state index in [1.807, 2.05) is 25.1 Å². The van der Waals surface area contributed by atoms with Crippen LogP contribution in [0.25, 0.3) is 0 Å². The SMILES string of the molecule is CCOCC(NC(=O)c1cccc(Br)c1)C(C)C. The highest BCUT2D eigenvalue weighted by molar-refractivity contribution is 9.10. The zero-order chi connectivity index (χ0) is 13.5. The van der Waals surface area contributed by atoms with Gasteiger partial charge in [-0.05, 0) is 31.0 Å². The highest BCUT2D eigenvalue weighted by Crippen LogP contribution is 2.12. The van der Waals surface area contributed by atoms with Crippen LogP contribution >= 0.6 is 15.9 Å². The van der Waals surface area contributed by atoms with Gasteiger partial charge in [0.1, 0.15) is 0 Å². The second-order valence-corrected chi connectivity index (χ2v) is 5.41. The summed E-state index contributed by atoms with van der Waals surface area (Å²) < 4.78 is 6.30. The number of benzene rings is 1. The number of carbonyl (C=O) groups excluding carboxylic acids is 1. The third kappa shape index (κ3) is 4.78. The van der Waals surface area contributed by atoms with E-state index in [1.165, 1.54) is 0 Å². The van der Waals surface area contributed by atoms with Crippen molar-refractivity contribution in [3.63, 3.8) is 0 Å². The number of ether oxygens (including phenoxy) is 1. The number of rotatable bonds is 6. The standard InChI is InChI=1S/C14H20BrNO2/c1-4-18-9-13(10(2)3)16-14(17)11-6-5-7-12(15)8-11/h5-8,10,13H,4,9H2,1-3H3,(H,16,17). The van der Waals surface area contributed by atoms with Crippen molar-refractivity contribution in [3.05, 3.63) is 34.3 Å². The third-order valence-electron chi connectivity index (χ3n) is 2.71. The van der Waals surface area contributed by atoms with Crippen molar-refractivity contribution in [2.45, 2.75) is 26.8 Å². The van der Waals surface area contributed by atoms with E-state index >= 15 is 0 Å². The maximum Gasteiger partial charge on any atom is 0.251 e. The molecular weight excluding hydrogens is 294 g/mol. The zero-order valence-corrected chi connectivity index (χ0v) is 12.7. The predicted octanol–water partition coefficient (Wildman–Crippen LogP) is 3.24. The van der Waals surface area contributed by atoms with Gasteiger partial charge in [0, 0.05) is 16.6 Å². The Morgan fingerprint density at radius 2 is 2.17 bits per heavy atom. The fourth-order valence-corrected chi connectivity index (χ4v) is 1.93. The summed E-state index contributed by atoms with van der Waals surface area (Å²) >= 11 is 3.36. The van der Waals surface area contributed by atoms with Crippen molar-refractivity contribution in [2.24, 2.45) is 5.92 Å². The molecule has 1 unspecified atom stereocenters. The Labute approximate surface area is 117 Å². The van der Waals surface area contributed by atoms with Crippen LogP contribution in [0.2, 0.25) is 0 Å². The van der Waals surface area contributed by atoms with E-state index in [0.717, 1.165) is 4.47 Å². The smallest absolute Gasteiger partial charge is 0.251 e. The maximum atomic E-state index is 12.1. The highest BCUT2D eigenvalue weighted by atomic mass is 79.9. The van der Waals surface area contributed by atoms with Gasteiger partial charge >= 0.3 is 0 Å². The lowest BCUT2D eigenvalue weighted by Crippen LogP contribution is -2.41. The van der Waals surface area contributed by atoms with Crippen LogP contribution in [-0.2, 0) is 4.74 Å². The molecule has 0 aromatic heterocycles. The first kappa shape index (κ1) is 15.2. The van der Waals surface area contributed by atoms with Crippen molar-refractivity contribution in [1.29, 1.82) is 0 Å². The van der Waals surface area contributed by atoms with E-state index in [1.54, 1.807) is 6.07 Å². The average molecular weight is 314 g/mol. The van der Waals surface area contributed by atoms with Gasteiger partial charge in [-0.15, -0.1) is 0 Å². The minimum absolute atomic E-state index is 0.0384. The first-order valence-electron chi connectivity index (χ1n) is 6.18. The van der Waals surface area contributed by atoms with Gasteiger partial charge in [0.2, 0.25) is 0 Å². The molecule has 1 aromatic rings. The van der Waals surface area contributed by atoms with Crippen molar-refractivity contribution < 1.29 is 9.53 Å². The fraction of sp³-hybridized carbons (Fsp3) is 0.500. The molecular formula is C14H20BrNO2. The first-order valence-corrected chi connectivity index (χ1v) is 6.98. The van der Waals surface area contributed by atoms with Gasteiger partial charge in [-0.1, -0.05) is 35.8 Å². The molecule has 1 rings (SSSR count). The number of carbonyl (C=O) groups is 1. The molecule has 1 atom stereocenters. The summed E-state index contributed by atoms with van der Waals surface area (Å²) in [7, 11) is 0. The van der Waals surface area contributed by atoms with Crippen LogP contribution in [0.5, 0.6) is 0 Å². The molecule has 0 spiro atoms. The molecule has 0 aliphatic heterocycles. The van der Waals surface area contributed by atoms with Crippen LogP contribution in [0.15, 0.2) is 28.7 Å². The van der Waals surface area contributed by atoms with Crippen LogP contribution in [0.3, 0.4) is 0 Å². The van der Waals surface area contributed by atoms with Gasteiger partial charge in [-0.3, -0.25) is 4.79 Å². The van der Waals surface area contributed by atoms with Gasteiger partial charge < -0.3 is 10.1 Å². The van der Waals surface area contributed by atoms with E-state index in [2.05, 4.69) is 35.1 Å². The van der Waals surface area contributed by atoms with Gasteiger partial charge in [0.05, 0.1) is 12.6 Å². The molecule has 1 N–H and O–H groups in total. The summed E-state index contributed by atoms with van der Waals surface area (Å²) in [4.78, 5) is 12.1. The molecule has 3 nitrogen and oxygen atoms in total. The number of hydrogen-bond donors (Lipinski definition) is 1. The summed E-state index contributed by atoms with van der Waals surface area (Å²) in [5, 5.41) is 3.01. The van der Waals surface area contributed by atoms with Crippen LogP contribution in [0.1, 0.15) is 31.1 Å². The Kier molecular flexibility index (Phi) is 6.36. The normalized spacial score (nSPS) is 12.5. The molecule has 100 valence electrons. The lowest BCUT2D eigenvalue weighted by molar-refractivity contribution is 0.0806. The zero-order valence-electron chi connectivity index (χ0n) is 11.1. The second kappa shape index (κ2) is 7.54. The average Bonchev–Trinajstić information content (AvgIpc) is 2.33. The molecule has 0 saturated carbocycles. The van der Waals surface area contributed by atoms with E-state index in [0.29, 0.717) is 24.7 Å². The summed E-state index contributed by atoms with van der Waals surface area (Å²) in [6, 6.07) is 7.41. The number of nitrogens with one attached hydrogen (secondary N) is 1. The largest absolute Gasteiger partial charge is 0.380 e. The molecule has 0 bridgehead atoms. The molecule has 4 heteroatoms. The lowest BCUT2D eigenvalue weighted by atomic mass is 10.0. The number of halogens is 1. The van der Waals surface area contributed by atoms with E-state index < -0.39 is 0 Å². The second-order valence-electron chi connectivity index (χ2n) is 4.49. The van der Waals surface area contributed by atoms with Gasteiger partial charge in [0.25, 0.3) is 5.91 Å². The van der Waals surface area contributed by atoms with Gasteiger partial charge in [-0.25, -0.2) is 0 Å². The number of amides is 1. The van der Waals surface area contributed by atoms with Crippen molar-refractivity contribution >= 4 is 21.8 Å². The quantitative estimate of drug-likeness (QED) is 0.875. The molecule has 0 saturated heterocycles. The Morgan fingerprint density at radius 1 is 1.44 bits per heavy atom. The predicted molar refractivity (Wildman–Crippen MR) is 76.7 cm³/mol. The minimum Gasteiger partial charge on any atom is -0.380 e. The van der Waals surface area contributed by atoms with Crippen molar-refractivity contribution in [1.82, 2.24) is 5.32 Å². The third-order valence-corrected chi connectivity index (χ3v) is 3.20. The molecule has 0 fully saturated rings. The molecule has 18 heavy (non-hydrogen) atoms. The Bertz CT molecular complexity index is 393.